The topological polar surface area (TPSA) is 105 Å². The van der Waals surface area contributed by atoms with Crippen molar-refractivity contribution in [2.45, 2.75) is 0 Å². The molecule has 0 spiro atoms. The number of H-pyrrole nitrogens is 1. The predicted octanol–water partition coefficient (Wildman–Crippen LogP) is 1.05. The number of anilines is 1. The average molecular weight is 336 g/mol. The second-order valence-electron chi connectivity index (χ2n) is 4.87. The van der Waals surface area contributed by atoms with E-state index in [9.17, 15) is 18.0 Å². The van der Waals surface area contributed by atoms with Gasteiger partial charge in [-0.25, -0.2) is 8.42 Å². The van der Waals surface area contributed by atoms with Gasteiger partial charge in [-0.05, 0) is 24.3 Å². The fourth-order valence-electron chi connectivity index (χ4n) is 1.77. The maximum atomic E-state index is 12.0. The van der Waals surface area contributed by atoms with Crippen molar-refractivity contribution in [2.75, 3.05) is 23.9 Å². The first-order valence-electron chi connectivity index (χ1n) is 6.75. The van der Waals surface area contributed by atoms with Crippen molar-refractivity contribution in [3.63, 3.8) is 0 Å². The molecule has 1 aromatic carbocycles. The van der Waals surface area contributed by atoms with E-state index in [1.807, 2.05) is 0 Å². The lowest BCUT2D eigenvalue weighted by atomic mass is 10.2. The molecule has 0 fully saturated rings. The molecule has 0 aliphatic rings. The minimum absolute atomic E-state index is 0.00380. The normalized spacial score (nSPS) is 11.0. The lowest BCUT2D eigenvalue weighted by molar-refractivity contribution is 0.102. The number of rotatable bonds is 6. The Labute approximate surface area is 133 Å². The summed E-state index contributed by atoms with van der Waals surface area (Å²) in [6.45, 7) is 0.0224. The molecule has 0 aliphatic carbocycles. The zero-order valence-corrected chi connectivity index (χ0v) is 13.2. The smallest absolute Gasteiger partial charge is 0.261 e. The first-order chi connectivity index (χ1) is 10.8. The van der Waals surface area contributed by atoms with Gasteiger partial charge in [-0.1, -0.05) is 6.07 Å². The van der Waals surface area contributed by atoms with Gasteiger partial charge >= 0.3 is 0 Å². The number of carbonyl (C=O) groups excluding carboxylic acids is 1. The summed E-state index contributed by atoms with van der Waals surface area (Å²) in [4.78, 5) is 26.0. The number of aromatic nitrogens is 1. The van der Waals surface area contributed by atoms with Crippen molar-refractivity contribution in [1.82, 2.24) is 4.98 Å². The molecule has 0 saturated heterocycles. The van der Waals surface area contributed by atoms with Crippen LogP contribution in [0.5, 0.6) is 5.75 Å². The molecule has 2 rings (SSSR count). The van der Waals surface area contributed by atoms with Gasteiger partial charge in [0.25, 0.3) is 11.5 Å². The van der Waals surface area contributed by atoms with Crippen LogP contribution in [-0.4, -0.2) is 37.9 Å². The highest BCUT2D eigenvalue weighted by molar-refractivity contribution is 7.90. The quantitative estimate of drug-likeness (QED) is 0.820. The Morgan fingerprint density at radius 1 is 1.26 bits per heavy atom. The number of sulfone groups is 1. The van der Waals surface area contributed by atoms with E-state index in [1.54, 1.807) is 30.3 Å². The number of nitrogens with one attached hydrogen (secondary N) is 2. The maximum absolute atomic E-state index is 12.0. The molecule has 8 heteroatoms. The number of ether oxygens (including phenoxy) is 1. The second-order valence-corrected chi connectivity index (χ2v) is 7.13. The third kappa shape index (κ3) is 5.26. The van der Waals surface area contributed by atoms with E-state index < -0.39 is 21.3 Å². The molecule has 0 atom stereocenters. The summed E-state index contributed by atoms with van der Waals surface area (Å²) in [5.41, 5.74) is -0.0448. The summed E-state index contributed by atoms with van der Waals surface area (Å²) >= 11 is 0. The fraction of sp³-hybridized carbons (Fsp3) is 0.200. The highest BCUT2D eigenvalue weighted by Crippen LogP contribution is 2.17. The van der Waals surface area contributed by atoms with E-state index in [-0.39, 0.29) is 17.9 Å². The number of aromatic amines is 1. The Morgan fingerprint density at radius 3 is 2.74 bits per heavy atom. The van der Waals surface area contributed by atoms with Gasteiger partial charge < -0.3 is 15.0 Å². The Bertz CT molecular complexity index is 858. The van der Waals surface area contributed by atoms with Crippen LogP contribution in [0, 0.1) is 0 Å². The molecule has 0 bridgehead atoms. The number of hydrogen-bond acceptors (Lipinski definition) is 5. The Morgan fingerprint density at radius 2 is 2.04 bits per heavy atom. The highest BCUT2D eigenvalue weighted by Gasteiger charge is 2.10. The lowest BCUT2D eigenvalue weighted by Gasteiger charge is -2.08. The molecule has 1 heterocycles. The molecule has 7 nitrogen and oxygen atoms in total. The van der Waals surface area contributed by atoms with Gasteiger partial charge in [0.1, 0.15) is 17.9 Å². The molecule has 0 unspecified atom stereocenters. The molecular formula is C15H16N2O5S. The molecule has 0 saturated carbocycles. The largest absolute Gasteiger partial charge is 0.492 e. The van der Waals surface area contributed by atoms with E-state index in [4.69, 9.17) is 4.74 Å². The highest BCUT2D eigenvalue weighted by atomic mass is 32.2. The minimum atomic E-state index is -3.10. The van der Waals surface area contributed by atoms with Crippen molar-refractivity contribution in [3.05, 3.63) is 58.5 Å². The monoisotopic (exact) mass is 336 g/mol. The molecule has 2 aromatic rings. The van der Waals surface area contributed by atoms with Gasteiger partial charge in [0.2, 0.25) is 0 Å². The van der Waals surface area contributed by atoms with Crippen LogP contribution < -0.4 is 15.6 Å². The zero-order valence-electron chi connectivity index (χ0n) is 12.4. The number of pyridine rings is 1. The van der Waals surface area contributed by atoms with Crippen molar-refractivity contribution in [3.8, 4) is 5.75 Å². The standard InChI is InChI=1S/C15H16N2O5S/c1-23(20,21)9-8-22-12-5-2-4-11(10-12)17-15(19)13-6-3-7-16-14(13)18/h2-7,10H,8-9H2,1H3,(H,16,18)(H,17,19). The van der Waals surface area contributed by atoms with Crippen LogP contribution in [0.3, 0.4) is 0 Å². The Balaban J connectivity index is 2.04. The third-order valence-corrected chi connectivity index (χ3v) is 3.79. The Kier molecular flexibility index (Phi) is 5.17. The lowest BCUT2D eigenvalue weighted by Crippen LogP contribution is -2.22. The van der Waals surface area contributed by atoms with Crippen LogP contribution in [0.4, 0.5) is 5.69 Å². The van der Waals surface area contributed by atoms with Crippen molar-refractivity contribution >= 4 is 21.4 Å². The summed E-state index contributed by atoms with van der Waals surface area (Å²) in [6, 6.07) is 9.46. The minimum Gasteiger partial charge on any atom is -0.492 e. The van der Waals surface area contributed by atoms with E-state index >= 15 is 0 Å². The van der Waals surface area contributed by atoms with Gasteiger partial charge in [0, 0.05) is 24.2 Å². The van der Waals surface area contributed by atoms with Gasteiger partial charge in [0.05, 0.1) is 5.75 Å². The number of benzene rings is 1. The molecule has 0 radical (unpaired) electrons. The second kappa shape index (κ2) is 7.10. The molecule has 1 aromatic heterocycles. The molecule has 23 heavy (non-hydrogen) atoms. The van der Waals surface area contributed by atoms with Crippen LogP contribution in [0.25, 0.3) is 0 Å². The molecule has 1 amide bonds. The van der Waals surface area contributed by atoms with Crippen molar-refractivity contribution in [2.24, 2.45) is 0 Å². The van der Waals surface area contributed by atoms with Crippen molar-refractivity contribution in [1.29, 1.82) is 0 Å². The van der Waals surface area contributed by atoms with Gasteiger partial charge in [-0.3, -0.25) is 9.59 Å². The molecule has 0 aliphatic heterocycles. The van der Waals surface area contributed by atoms with Gasteiger partial charge in [-0.2, -0.15) is 0 Å². The zero-order chi connectivity index (χ0) is 16.9. The van der Waals surface area contributed by atoms with Crippen LogP contribution in [0.2, 0.25) is 0 Å². The number of amides is 1. The summed E-state index contributed by atoms with van der Waals surface area (Å²) < 4.78 is 27.4. The fourth-order valence-corrected chi connectivity index (χ4v) is 2.16. The van der Waals surface area contributed by atoms with Crippen LogP contribution in [-0.2, 0) is 9.84 Å². The van der Waals surface area contributed by atoms with Crippen LogP contribution in [0.15, 0.2) is 47.4 Å². The SMILES string of the molecule is CS(=O)(=O)CCOc1cccc(NC(=O)c2ccc[nH]c2=O)c1. The molecular weight excluding hydrogens is 320 g/mol. The van der Waals surface area contributed by atoms with Crippen molar-refractivity contribution < 1.29 is 17.9 Å². The first kappa shape index (κ1) is 16.8. The van der Waals surface area contributed by atoms with E-state index in [2.05, 4.69) is 10.3 Å². The number of hydrogen-bond donors (Lipinski definition) is 2. The number of carbonyl (C=O) groups is 1. The van der Waals surface area contributed by atoms with E-state index in [0.29, 0.717) is 11.4 Å². The summed E-state index contributed by atoms with van der Waals surface area (Å²) in [7, 11) is -3.10. The van der Waals surface area contributed by atoms with E-state index in [1.165, 1.54) is 12.3 Å². The summed E-state index contributed by atoms with van der Waals surface area (Å²) in [6.07, 6.45) is 2.57. The molecule has 2 N–H and O–H groups in total. The summed E-state index contributed by atoms with van der Waals surface area (Å²) in [5.74, 6) is -0.211. The predicted molar refractivity (Wildman–Crippen MR) is 86.7 cm³/mol. The van der Waals surface area contributed by atoms with Gasteiger partial charge in [-0.15, -0.1) is 0 Å². The average Bonchev–Trinajstić information content (AvgIpc) is 2.46. The third-order valence-electron chi connectivity index (χ3n) is 2.88. The van der Waals surface area contributed by atoms with Crippen LogP contribution in [0.1, 0.15) is 10.4 Å². The van der Waals surface area contributed by atoms with E-state index in [0.717, 1.165) is 6.26 Å². The Hall–Kier alpha value is -2.61. The maximum Gasteiger partial charge on any atom is 0.261 e. The van der Waals surface area contributed by atoms with Crippen LogP contribution >= 0.6 is 0 Å². The van der Waals surface area contributed by atoms with Gasteiger partial charge in [0.15, 0.2) is 9.84 Å². The first-order valence-corrected chi connectivity index (χ1v) is 8.81. The molecule has 122 valence electrons. The summed E-state index contributed by atoms with van der Waals surface area (Å²) in [5, 5.41) is 2.59.